The van der Waals surface area contributed by atoms with Crippen LogP contribution in [-0.2, 0) is 13.0 Å². The highest BCUT2D eigenvalue weighted by atomic mass is 16.5. The molecular formula is C17H15NO2. The summed E-state index contributed by atoms with van der Waals surface area (Å²) in [5, 5.41) is 18.8. The van der Waals surface area contributed by atoms with Gasteiger partial charge in [-0.2, -0.15) is 5.26 Å². The van der Waals surface area contributed by atoms with Gasteiger partial charge in [-0.15, -0.1) is 0 Å². The fourth-order valence-electron chi connectivity index (χ4n) is 2.58. The maximum atomic E-state index is 9.77. The molecule has 2 aromatic rings. The molecule has 2 aromatic carbocycles. The van der Waals surface area contributed by atoms with E-state index in [-0.39, 0.29) is 6.10 Å². The van der Waals surface area contributed by atoms with Gasteiger partial charge in [-0.25, -0.2) is 0 Å². The number of hydrogen-bond donors (Lipinski definition) is 1. The van der Waals surface area contributed by atoms with E-state index in [0.29, 0.717) is 12.2 Å². The first-order chi connectivity index (χ1) is 9.78. The first kappa shape index (κ1) is 12.7. The van der Waals surface area contributed by atoms with E-state index in [1.54, 1.807) is 6.07 Å². The molecule has 0 heterocycles. The third-order valence-corrected chi connectivity index (χ3v) is 3.69. The predicted molar refractivity (Wildman–Crippen MR) is 75.2 cm³/mol. The smallest absolute Gasteiger partial charge is 0.120 e. The van der Waals surface area contributed by atoms with E-state index in [1.165, 1.54) is 0 Å². The van der Waals surface area contributed by atoms with Gasteiger partial charge in [0.25, 0.3) is 0 Å². The first-order valence-electron chi connectivity index (χ1n) is 6.69. The van der Waals surface area contributed by atoms with Crippen LogP contribution in [0.15, 0.2) is 42.5 Å². The summed E-state index contributed by atoms with van der Waals surface area (Å²) in [6.07, 6.45) is 1.34. The summed E-state index contributed by atoms with van der Waals surface area (Å²) in [5.74, 6) is 0.783. The fourth-order valence-corrected chi connectivity index (χ4v) is 2.58. The molecule has 0 amide bonds. The maximum Gasteiger partial charge on any atom is 0.120 e. The Hall–Kier alpha value is -2.31. The third kappa shape index (κ3) is 2.38. The monoisotopic (exact) mass is 265 g/mol. The highest BCUT2D eigenvalue weighted by molar-refractivity contribution is 5.41. The van der Waals surface area contributed by atoms with Gasteiger partial charge in [-0.1, -0.05) is 24.3 Å². The minimum atomic E-state index is -0.335. The SMILES string of the molecule is N#Cc1ccccc1COc1ccc2c(c1)CCC2O. The van der Waals surface area contributed by atoms with Crippen molar-refractivity contribution in [3.63, 3.8) is 0 Å². The van der Waals surface area contributed by atoms with Crippen LogP contribution in [0.4, 0.5) is 0 Å². The van der Waals surface area contributed by atoms with Crippen molar-refractivity contribution in [2.75, 3.05) is 0 Å². The molecule has 1 unspecified atom stereocenters. The molecule has 3 heteroatoms. The molecule has 0 saturated heterocycles. The van der Waals surface area contributed by atoms with Gasteiger partial charge in [0.15, 0.2) is 0 Å². The van der Waals surface area contributed by atoms with E-state index in [2.05, 4.69) is 6.07 Å². The predicted octanol–water partition coefficient (Wildman–Crippen LogP) is 3.12. The van der Waals surface area contributed by atoms with Gasteiger partial charge >= 0.3 is 0 Å². The molecular weight excluding hydrogens is 250 g/mol. The number of aliphatic hydroxyl groups is 1. The molecule has 100 valence electrons. The Morgan fingerprint density at radius 2 is 2.10 bits per heavy atom. The van der Waals surface area contributed by atoms with Crippen LogP contribution in [0.25, 0.3) is 0 Å². The minimum absolute atomic E-state index is 0.335. The number of hydrogen-bond acceptors (Lipinski definition) is 3. The van der Waals surface area contributed by atoms with E-state index >= 15 is 0 Å². The fraction of sp³-hybridized carbons (Fsp3) is 0.235. The summed E-state index contributed by atoms with van der Waals surface area (Å²) >= 11 is 0. The Balaban J connectivity index is 1.75. The lowest BCUT2D eigenvalue weighted by molar-refractivity contribution is 0.180. The average molecular weight is 265 g/mol. The standard InChI is InChI=1S/C17H15NO2/c18-10-13-3-1-2-4-14(13)11-20-15-6-7-16-12(9-15)5-8-17(16)19/h1-4,6-7,9,17,19H,5,8,11H2. The molecule has 3 rings (SSSR count). The van der Waals surface area contributed by atoms with Gasteiger partial charge in [0.1, 0.15) is 12.4 Å². The Morgan fingerprint density at radius 1 is 1.25 bits per heavy atom. The number of benzene rings is 2. The molecule has 3 nitrogen and oxygen atoms in total. The second-order valence-corrected chi connectivity index (χ2v) is 4.97. The summed E-state index contributed by atoms with van der Waals surface area (Å²) in [6.45, 7) is 0.380. The topological polar surface area (TPSA) is 53.2 Å². The van der Waals surface area contributed by atoms with Crippen molar-refractivity contribution >= 4 is 0 Å². The van der Waals surface area contributed by atoms with Crippen LogP contribution in [0.1, 0.15) is 34.8 Å². The molecule has 0 aliphatic heterocycles. The number of ether oxygens (including phenoxy) is 1. The number of nitriles is 1. The van der Waals surface area contributed by atoms with Gasteiger partial charge < -0.3 is 9.84 Å². The van der Waals surface area contributed by atoms with Crippen molar-refractivity contribution < 1.29 is 9.84 Å². The van der Waals surface area contributed by atoms with Gasteiger partial charge in [-0.3, -0.25) is 0 Å². The Labute approximate surface area is 118 Å². The zero-order valence-electron chi connectivity index (χ0n) is 11.0. The molecule has 0 bridgehead atoms. The maximum absolute atomic E-state index is 9.77. The summed E-state index contributed by atoms with van der Waals surface area (Å²) in [7, 11) is 0. The Kier molecular flexibility index (Phi) is 3.41. The van der Waals surface area contributed by atoms with Crippen LogP contribution in [0, 0.1) is 11.3 Å². The zero-order valence-corrected chi connectivity index (χ0v) is 11.0. The Bertz CT molecular complexity index is 673. The van der Waals surface area contributed by atoms with E-state index in [9.17, 15) is 5.11 Å². The number of fused-ring (bicyclic) bond motifs is 1. The van der Waals surface area contributed by atoms with E-state index in [1.807, 2.05) is 36.4 Å². The number of aryl methyl sites for hydroxylation is 1. The summed E-state index contributed by atoms with van der Waals surface area (Å²) in [5.41, 5.74) is 3.69. The number of rotatable bonds is 3. The molecule has 0 fully saturated rings. The van der Waals surface area contributed by atoms with Crippen LogP contribution in [0.2, 0.25) is 0 Å². The Morgan fingerprint density at radius 3 is 2.95 bits per heavy atom. The quantitative estimate of drug-likeness (QED) is 0.927. The van der Waals surface area contributed by atoms with Crippen molar-refractivity contribution in [3.8, 4) is 11.8 Å². The number of nitrogens with zero attached hydrogens (tertiary/aromatic N) is 1. The first-order valence-corrected chi connectivity index (χ1v) is 6.69. The second-order valence-electron chi connectivity index (χ2n) is 4.97. The van der Waals surface area contributed by atoms with E-state index in [0.717, 1.165) is 35.3 Å². The lowest BCUT2D eigenvalue weighted by Crippen LogP contribution is -1.99. The largest absolute Gasteiger partial charge is 0.489 e. The van der Waals surface area contributed by atoms with Crippen LogP contribution in [-0.4, -0.2) is 5.11 Å². The van der Waals surface area contributed by atoms with Crippen LogP contribution >= 0.6 is 0 Å². The van der Waals surface area contributed by atoms with Gasteiger partial charge in [0, 0.05) is 5.56 Å². The molecule has 1 aliphatic carbocycles. The van der Waals surface area contributed by atoms with Crippen molar-refractivity contribution in [1.82, 2.24) is 0 Å². The van der Waals surface area contributed by atoms with E-state index in [4.69, 9.17) is 10.00 Å². The number of aliphatic hydroxyl groups excluding tert-OH is 1. The average Bonchev–Trinajstić information content (AvgIpc) is 2.86. The van der Waals surface area contributed by atoms with Gasteiger partial charge in [-0.05, 0) is 42.2 Å². The molecule has 0 spiro atoms. The summed E-state index contributed by atoms with van der Waals surface area (Å²) in [6, 6.07) is 15.4. The third-order valence-electron chi connectivity index (χ3n) is 3.69. The molecule has 0 radical (unpaired) electrons. The zero-order chi connectivity index (χ0) is 13.9. The van der Waals surface area contributed by atoms with Crippen LogP contribution in [0.3, 0.4) is 0 Å². The molecule has 20 heavy (non-hydrogen) atoms. The highest BCUT2D eigenvalue weighted by Crippen LogP contribution is 2.33. The lowest BCUT2D eigenvalue weighted by atomic mass is 10.1. The molecule has 1 N–H and O–H groups in total. The molecule has 1 aliphatic rings. The minimum Gasteiger partial charge on any atom is -0.489 e. The second kappa shape index (κ2) is 5.36. The molecule has 1 atom stereocenters. The van der Waals surface area contributed by atoms with Gasteiger partial charge in [0.2, 0.25) is 0 Å². The summed E-state index contributed by atoms with van der Waals surface area (Å²) < 4.78 is 5.76. The molecule has 0 saturated carbocycles. The van der Waals surface area contributed by atoms with Crippen LogP contribution < -0.4 is 4.74 Å². The van der Waals surface area contributed by atoms with Crippen molar-refractivity contribution in [1.29, 1.82) is 5.26 Å². The molecule has 0 aromatic heterocycles. The van der Waals surface area contributed by atoms with Crippen molar-refractivity contribution in [2.45, 2.75) is 25.6 Å². The van der Waals surface area contributed by atoms with E-state index < -0.39 is 0 Å². The van der Waals surface area contributed by atoms with Crippen molar-refractivity contribution in [2.24, 2.45) is 0 Å². The summed E-state index contributed by atoms with van der Waals surface area (Å²) in [4.78, 5) is 0. The normalized spacial score (nSPS) is 16.5. The van der Waals surface area contributed by atoms with Gasteiger partial charge in [0.05, 0.1) is 17.7 Å². The lowest BCUT2D eigenvalue weighted by Gasteiger charge is -2.10. The highest BCUT2D eigenvalue weighted by Gasteiger charge is 2.20. The van der Waals surface area contributed by atoms with Crippen molar-refractivity contribution in [3.05, 3.63) is 64.7 Å². The van der Waals surface area contributed by atoms with Crippen LogP contribution in [0.5, 0.6) is 5.75 Å².